The van der Waals surface area contributed by atoms with Crippen LogP contribution in [0.15, 0.2) is 29.2 Å². The van der Waals surface area contributed by atoms with Gasteiger partial charge in [0.1, 0.15) is 6.04 Å². The van der Waals surface area contributed by atoms with E-state index in [-0.39, 0.29) is 23.3 Å². The quantitative estimate of drug-likeness (QED) is 0.780. The summed E-state index contributed by atoms with van der Waals surface area (Å²) in [5.41, 5.74) is 0.653. The van der Waals surface area contributed by atoms with E-state index < -0.39 is 22.1 Å². The number of nitrogens with zero attached hydrogens (tertiary/aromatic N) is 1. The smallest absolute Gasteiger partial charge is 0.325 e. The highest BCUT2D eigenvalue weighted by Gasteiger charge is 2.40. The summed E-state index contributed by atoms with van der Waals surface area (Å²) < 4.78 is 22.4. The van der Waals surface area contributed by atoms with Gasteiger partial charge in [-0.25, -0.2) is 18.4 Å². The van der Waals surface area contributed by atoms with Crippen molar-refractivity contribution in [3.05, 3.63) is 29.8 Å². The molecule has 0 spiro atoms. The van der Waals surface area contributed by atoms with Gasteiger partial charge >= 0.3 is 6.03 Å². The van der Waals surface area contributed by atoms with Gasteiger partial charge in [0.25, 0.3) is 5.91 Å². The van der Waals surface area contributed by atoms with Gasteiger partial charge in [-0.2, -0.15) is 0 Å². The van der Waals surface area contributed by atoms with E-state index >= 15 is 0 Å². The second kappa shape index (κ2) is 6.05. The number of nitrogens with one attached hydrogen (secondary N) is 1. The molecule has 0 saturated carbocycles. The second-order valence-electron chi connectivity index (χ2n) is 5.43. The van der Waals surface area contributed by atoms with Crippen LogP contribution in [0.3, 0.4) is 0 Å². The Morgan fingerprint density at radius 3 is 2.36 bits per heavy atom. The number of hydrogen-bond donors (Lipinski definition) is 2. The Kier molecular flexibility index (Phi) is 4.52. The van der Waals surface area contributed by atoms with Crippen molar-refractivity contribution in [1.82, 2.24) is 10.2 Å². The summed E-state index contributed by atoms with van der Waals surface area (Å²) in [5, 5.41) is 7.71. The Morgan fingerprint density at radius 1 is 1.27 bits per heavy atom. The van der Waals surface area contributed by atoms with Crippen LogP contribution in [0.25, 0.3) is 0 Å². The normalized spacial score (nSPS) is 20.1. The zero-order valence-electron chi connectivity index (χ0n) is 12.4. The molecule has 120 valence electrons. The average molecular weight is 325 g/mol. The molecule has 0 aliphatic carbocycles. The van der Waals surface area contributed by atoms with E-state index in [2.05, 4.69) is 5.32 Å². The number of imide groups is 1. The molecule has 0 bridgehead atoms. The summed E-state index contributed by atoms with van der Waals surface area (Å²) in [4.78, 5) is 25.3. The fraction of sp³-hybridized carbons (Fsp3) is 0.429. The van der Waals surface area contributed by atoms with Crippen LogP contribution < -0.4 is 10.5 Å². The van der Waals surface area contributed by atoms with Crippen molar-refractivity contribution < 1.29 is 18.0 Å². The van der Waals surface area contributed by atoms with E-state index in [9.17, 15) is 18.0 Å². The van der Waals surface area contributed by atoms with Gasteiger partial charge in [0.05, 0.1) is 11.4 Å². The third kappa shape index (κ3) is 3.28. The Bertz CT molecular complexity index is 685. The number of urea groups is 1. The Labute approximate surface area is 129 Å². The van der Waals surface area contributed by atoms with Crippen LogP contribution in [-0.4, -0.2) is 31.3 Å². The van der Waals surface area contributed by atoms with E-state index in [1.165, 1.54) is 24.3 Å². The lowest BCUT2D eigenvalue weighted by Gasteiger charge is -2.16. The molecule has 0 radical (unpaired) electrons. The summed E-state index contributed by atoms with van der Waals surface area (Å²) in [6.45, 7) is 3.97. The monoisotopic (exact) mass is 325 g/mol. The van der Waals surface area contributed by atoms with Crippen LogP contribution in [0.4, 0.5) is 4.79 Å². The number of benzene rings is 1. The second-order valence-corrected chi connectivity index (χ2v) is 6.99. The van der Waals surface area contributed by atoms with Gasteiger partial charge in [0.15, 0.2) is 0 Å². The molecule has 0 aromatic heterocycles. The molecule has 8 heteroatoms. The van der Waals surface area contributed by atoms with Crippen molar-refractivity contribution in [2.24, 2.45) is 11.1 Å². The topological polar surface area (TPSA) is 110 Å². The van der Waals surface area contributed by atoms with Gasteiger partial charge in [-0.3, -0.25) is 9.69 Å². The number of amides is 3. The summed E-state index contributed by atoms with van der Waals surface area (Å²) >= 11 is 0. The number of carbonyl (C=O) groups excluding carboxylic acids is 2. The lowest BCUT2D eigenvalue weighted by Crippen LogP contribution is -2.35. The predicted molar refractivity (Wildman–Crippen MR) is 80.1 cm³/mol. The van der Waals surface area contributed by atoms with Gasteiger partial charge in [0.2, 0.25) is 10.0 Å². The molecule has 3 N–H and O–H groups in total. The molecule has 1 heterocycles. The van der Waals surface area contributed by atoms with Crippen molar-refractivity contribution in [3.8, 4) is 0 Å². The minimum absolute atomic E-state index is 0.00840. The largest absolute Gasteiger partial charge is 0.326 e. The summed E-state index contributed by atoms with van der Waals surface area (Å²) in [6, 6.07) is 4.87. The zero-order chi connectivity index (χ0) is 16.5. The Morgan fingerprint density at radius 2 is 1.86 bits per heavy atom. The van der Waals surface area contributed by atoms with Crippen LogP contribution in [-0.2, 0) is 21.4 Å². The first-order valence-corrected chi connectivity index (χ1v) is 8.52. The van der Waals surface area contributed by atoms with Gasteiger partial charge < -0.3 is 5.32 Å². The van der Waals surface area contributed by atoms with Crippen molar-refractivity contribution in [2.45, 2.75) is 37.8 Å². The molecule has 1 saturated heterocycles. The van der Waals surface area contributed by atoms with Gasteiger partial charge in [0, 0.05) is 0 Å². The summed E-state index contributed by atoms with van der Waals surface area (Å²) in [5.74, 6) is -0.193. The van der Waals surface area contributed by atoms with Gasteiger partial charge in [-0.1, -0.05) is 32.4 Å². The maximum absolute atomic E-state index is 12.3. The first kappa shape index (κ1) is 16.4. The first-order chi connectivity index (χ1) is 10.2. The molecule has 1 aromatic carbocycles. The molecule has 22 heavy (non-hydrogen) atoms. The van der Waals surface area contributed by atoms with Crippen molar-refractivity contribution >= 4 is 22.0 Å². The van der Waals surface area contributed by atoms with Crippen molar-refractivity contribution in [1.29, 1.82) is 0 Å². The summed E-state index contributed by atoms with van der Waals surface area (Å²) in [6.07, 6.45) is 0.785. The highest BCUT2D eigenvalue weighted by atomic mass is 32.2. The minimum Gasteiger partial charge on any atom is -0.326 e. The molecular weight excluding hydrogens is 306 g/mol. The number of hydrogen-bond acceptors (Lipinski definition) is 4. The molecular formula is C14H19N3O4S. The molecule has 1 aromatic rings. The predicted octanol–water partition coefficient (Wildman–Crippen LogP) is 0.801. The minimum atomic E-state index is -3.75. The maximum atomic E-state index is 12.3. The zero-order valence-corrected chi connectivity index (χ0v) is 13.3. The number of primary sulfonamides is 1. The fourth-order valence-electron chi connectivity index (χ4n) is 2.28. The number of carbonyl (C=O) groups is 2. The molecule has 0 unspecified atom stereocenters. The van der Waals surface area contributed by atoms with Crippen LogP contribution in [0.1, 0.15) is 25.8 Å². The van der Waals surface area contributed by atoms with E-state index in [4.69, 9.17) is 5.14 Å². The standard InChI is InChI=1S/C14H19N3O4S/c1-3-9(2)12-13(18)17(14(19)16-12)8-10-4-6-11(7-5-10)22(15,20)21/h4-7,9,12H,3,8H2,1-2H3,(H,16,19)(H2,15,20,21)/t9-,12-/m1/s1. The summed E-state index contributed by atoms with van der Waals surface area (Å²) in [7, 11) is -3.75. The number of sulfonamides is 1. The van der Waals surface area contributed by atoms with Crippen molar-refractivity contribution in [3.63, 3.8) is 0 Å². The lowest BCUT2D eigenvalue weighted by molar-refractivity contribution is -0.128. The SMILES string of the molecule is CC[C@@H](C)[C@H]1NC(=O)N(Cc2ccc(S(N)(=O)=O)cc2)C1=O. The molecule has 7 nitrogen and oxygen atoms in total. The molecule has 1 aliphatic heterocycles. The number of rotatable bonds is 5. The maximum Gasteiger partial charge on any atom is 0.325 e. The molecule has 2 rings (SSSR count). The average Bonchev–Trinajstić information content (AvgIpc) is 2.74. The van der Waals surface area contributed by atoms with Crippen LogP contribution in [0.5, 0.6) is 0 Å². The third-order valence-electron chi connectivity index (χ3n) is 3.86. The first-order valence-electron chi connectivity index (χ1n) is 6.97. The van der Waals surface area contributed by atoms with E-state index in [1.807, 2.05) is 13.8 Å². The molecule has 3 amide bonds. The highest BCUT2D eigenvalue weighted by molar-refractivity contribution is 7.89. The van der Waals surface area contributed by atoms with Gasteiger partial charge in [-0.05, 0) is 23.6 Å². The van der Waals surface area contributed by atoms with Crippen LogP contribution >= 0.6 is 0 Å². The molecule has 1 aliphatic rings. The Balaban J connectivity index is 2.14. The molecule has 1 fully saturated rings. The molecule has 2 atom stereocenters. The Hall–Kier alpha value is -1.93. The van der Waals surface area contributed by atoms with E-state index in [0.717, 1.165) is 11.3 Å². The van der Waals surface area contributed by atoms with E-state index in [0.29, 0.717) is 5.56 Å². The van der Waals surface area contributed by atoms with E-state index in [1.54, 1.807) is 0 Å². The van der Waals surface area contributed by atoms with Gasteiger partial charge in [-0.15, -0.1) is 0 Å². The number of nitrogens with two attached hydrogens (primary N) is 1. The fourth-order valence-corrected chi connectivity index (χ4v) is 2.79. The highest BCUT2D eigenvalue weighted by Crippen LogP contribution is 2.19. The lowest BCUT2D eigenvalue weighted by atomic mass is 9.99. The van der Waals surface area contributed by atoms with Crippen LogP contribution in [0.2, 0.25) is 0 Å². The van der Waals surface area contributed by atoms with Crippen LogP contribution in [0, 0.1) is 5.92 Å². The third-order valence-corrected chi connectivity index (χ3v) is 4.79. The van der Waals surface area contributed by atoms with Crippen molar-refractivity contribution in [2.75, 3.05) is 0 Å².